The van der Waals surface area contributed by atoms with Crippen LogP contribution in [-0.4, -0.2) is 72.4 Å². The van der Waals surface area contributed by atoms with Gasteiger partial charge in [-0.3, -0.25) is 24.0 Å². The molecule has 1 heterocycles. The summed E-state index contributed by atoms with van der Waals surface area (Å²) in [6.45, 7) is 5.17. The van der Waals surface area contributed by atoms with Gasteiger partial charge in [-0.05, 0) is 0 Å². The van der Waals surface area contributed by atoms with Crippen LogP contribution < -0.4 is 0 Å². The molecule has 0 saturated carbocycles. The SMILES string of the molecule is CC(=O)OC[C@@H](OC(C)=O)C1O[C@@H](S)C(OC(C)=O)C(OC(C)=O)[C@@H]1OC(C)=O. The van der Waals surface area contributed by atoms with Gasteiger partial charge in [0.05, 0.1) is 0 Å². The van der Waals surface area contributed by atoms with Gasteiger partial charge in [-0.2, -0.15) is 0 Å². The van der Waals surface area contributed by atoms with E-state index in [4.69, 9.17) is 28.4 Å². The monoisotopic (exact) mass is 436 g/mol. The number of thiol groups is 1. The highest BCUT2D eigenvalue weighted by Crippen LogP contribution is 2.32. The summed E-state index contributed by atoms with van der Waals surface area (Å²) in [6, 6.07) is 0. The molecule has 0 radical (unpaired) electrons. The number of carbonyl (C=O) groups is 5. The number of hydrogen-bond acceptors (Lipinski definition) is 12. The minimum atomic E-state index is -1.36. The normalized spacial score (nSPS) is 27.2. The lowest BCUT2D eigenvalue weighted by molar-refractivity contribution is -0.250. The van der Waals surface area contributed by atoms with E-state index < -0.39 is 72.4 Å². The molecule has 1 aliphatic rings. The summed E-state index contributed by atoms with van der Waals surface area (Å²) < 4.78 is 31.3. The summed E-state index contributed by atoms with van der Waals surface area (Å²) in [6.07, 6.45) is -6.39. The highest BCUT2D eigenvalue weighted by atomic mass is 32.1. The van der Waals surface area contributed by atoms with E-state index >= 15 is 0 Å². The van der Waals surface area contributed by atoms with Crippen molar-refractivity contribution in [1.82, 2.24) is 0 Å². The molecule has 0 spiro atoms. The van der Waals surface area contributed by atoms with Gasteiger partial charge in [-0.1, -0.05) is 0 Å². The second-order valence-corrected chi connectivity index (χ2v) is 6.67. The average molecular weight is 436 g/mol. The van der Waals surface area contributed by atoms with Gasteiger partial charge >= 0.3 is 29.8 Å². The Hall–Kier alpha value is -2.34. The van der Waals surface area contributed by atoms with Gasteiger partial charge in [0.15, 0.2) is 24.4 Å². The lowest BCUT2D eigenvalue weighted by atomic mass is 9.95. The van der Waals surface area contributed by atoms with Gasteiger partial charge in [-0.15, -0.1) is 12.6 Å². The molecule has 1 fully saturated rings. The second kappa shape index (κ2) is 11.0. The molecule has 12 heteroatoms. The lowest BCUT2D eigenvalue weighted by Crippen LogP contribution is -2.63. The first kappa shape index (κ1) is 24.7. The van der Waals surface area contributed by atoms with Crippen LogP contribution in [0.4, 0.5) is 0 Å². The molecule has 3 unspecified atom stereocenters. The number of rotatable bonds is 7. The van der Waals surface area contributed by atoms with Crippen LogP contribution in [0.15, 0.2) is 0 Å². The molecule has 0 aromatic heterocycles. The quantitative estimate of drug-likeness (QED) is 0.326. The maximum absolute atomic E-state index is 11.7. The Labute approximate surface area is 172 Å². The molecule has 29 heavy (non-hydrogen) atoms. The van der Waals surface area contributed by atoms with Gasteiger partial charge in [0, 0.05) is 34.6 Å². The Kier molecular flexibility index (Phi) is 9.37. The number of carbonyl (C=O) groups excluding carboxylic acids is 5. The van der Waals surface area contributed by atoms with E-state index in [0.29, 0.717) is 0 Å². The van der Waals surface area contributed by atoms with Crippen molar-refractivity contribution in [2.24, 2.45) is 0 Å². The molecule has 1 saturated heterocycles. The third kappa shape index (κ3) is 7.89. The second-order valence-electron chi connectivity index (χ2n) is 6.16. The minimum absolute atomic E-state index is 0.428. The van der Waals surface area contributed by atoms with Crippen molar-refractivity contribution >= 4 is 42.5 Å². The summed E-state index contributed by atoms with van der Waals surface area (Å²) in [7, 11) is 0. The van der Waals surface area contributed by atoms with Crippen molar-refractivity contribution in [1.29, 1.82) is 0 Å². The maximum atomic E-state index is 11.7. The zero-order valence-electron chi connectivity index (χ0n) is 16.6. The summed E-state index contributed by atoms with van der Waals surface area (Å²) >= 11 is 4.22. The first-order chi connectivity index (χ1) is 13.4. The van der Waals surface area contributed by atoms with Crippen LogP contribution in [0.1, 0.15) is 34.6 Å². The molecule has 0 aromatic rings. The van der Waals surface area contributed by atoms with Crippen LogP contribution in [0.2, 0.25) is 0 Å². The van der Waals surface area contributed by atoms with E-state index in [1.165, 1.54) is 0 Å². The Bertz CT molecular complexity index is 649. The van der Waals surface area contributed by atoms with Crippen molar-refractivity contribution in [3.8, 4) is 0 Å². The molecule has 0 aliphatic carbocycles. The van der Waals surface area contributed by atoms with Crippen molar-refractivity contribution in [2.75, 3.05) is 6.61 Å². The fourth-order valence-corrected chi connectivity index (χ4v) is 3.10. The number of hydrogen-bond donors (Lipinski definition) is 1. The summed E-state index contributed by atoms with van der Waals surface area (Å²) in [5, 5.41) is 0. The summed E-state index contributed by atoms with van der Waals surface area (Å²) in [5.74, 6) is -3.62. The van der Waals surface area contributed by atoms with Crippen LogP contribution >= 0.6 is 12.6 Å². The first-order valence-electron chi connectivity index (χ1n) is 8.58. The maximum Gasteiger partial charge on any atom is 0.303 e. The van der Waals surface area contributed by atoms with E-state index in [-0.39, 0.29) is 0 Å². The van der Waals surface area contributed by atoms with Crippen LogP contribution in [0.3, 0.4) is 0 Å². The highest BCUT2D eigenvalue weighted by molar-refractivity contribution is 7.80. The van der Waals surface area contributed by atoms with Crippen LogP contribution in [0.25, 0.3) is 0 Å². The zero-order chi connectivity index (χ0) is 22.3. The Balaban J connectivity index is 3.34. The number of ether oxygens (including phenoxy) is 6. The molecular formula is C17H24O11S. The van der Waals surface area contributed by atoms with Crippen molar-refractivity contribution < 1.29 is 52.4 Å². The zero-order valence-corrected chi connectivity index (χ0v) is 17.5. The van der Waals surface area contributed by atoms with Crippen molar-refractivity contribution in [2.45, 2.75) is 70.6 Å². The minimum Gasteiger partial charge on any atom is -0.462 e. The molecule has 11 nitrogen and oxygen atoms in total. The van der Waals surface area contributed by atoms with Gasteiger partial charge in [0.2, 0.25) is 0 Å². The van der Waals surface area contributed by atoms with Crippen LogP contribution in [0, 0.1) is 0 Å². The smallest absolute Gasteiger partial charge is 0.303 e. The summed E-state index contributed by atoms with van der Waals surface area (Å²) in [5.41, 5.74) is -1.14. The average Bonchev–Trinajstić information content (AvgIpc) is 2.55. The van der Waals surface area contributed by atoms with Crippen LogP contribution in [-0.2, 0) is 52.4 Å². The largest absolute Gasteiger partial charge is 0.462 e. The molecule has 164 valence electrons. The topological polar surface area (TPSA) is 141 Å². The molecule has 0 amide bonds. The van der Waals surface area contributed by atoms with Gasteiger partial charge < -0.3 is 28.4 Å². The number of esters is 5. The molecule has 6 atom stereocenters. The molecule has 0 N–H and O–H groups in total. The van der Waals surface area contributed by atoms with Crippen molar-refractivity contribution in [3.05, 3.63) is 0 Å². The summed E-state index contributed by atoms with van der Waals surface area (Å²) in [4.78, 5) is 57.5. The highest BCUT2D eigenvalue weighted by Gasteiger charge is 2.54. The lowest BCUT2D eigenvalue weighted by Gasteiger charge is -2.45. The fraction of sp³-hybridized carbons (Fsp3) is 0.706. The third-order valence-electron chi connectivity index (χ3n) is 3.59. The Morgan fingerprint density at radius 2 is 1.24 bits per heavy atom. The van der Waals surface area contributed by atoms with E-state index in [0.717, 1.165) is 34.6 Å². The van der Waals surface area contributed by atoms with E-state index in [9.17, 15) is 24.0 Å². The molecule has 0 bridgehead atoms. The predicted molar refractivity (Wildman–Crippen MR) is 96.5 cm³/mol. The predicted octanol–water partition coefficient (Wildman–Crippen LogP) is -0.0690. The molecular weight excluding hydrogens is 412 g/mol. The van der Waals surface area contributed by atoms with E-state index in [1.54, 1.807) is 0 Å². The molecule has 1 rings (SSSR count). The molecule has 1 aliphatic heterocycles. The van der Waals surface area contributed by atoms with Crippen molar-refractivity contribution in [3.63, 3.8) is 0 Å². The third-order valence-corrected chi connectivity index (χ3v) is 4.01. The van der Waals surface area contributed by atoms with Gasteiger partial charge in [0.1, 0.15) is 18.1 Å². The van der Waals surface area contributed by atoms with E-state index in [1.807, 2.05) is 0 Å². The van der Waals surface area contributed by atoms with E-state index in [2.05, 4.69) is 12.6 Å². The van der Waals surface area contributed by atoms with Gasteiger partial charge in [0.25, 0.3) is 0 Å². The van der Waals surface area contributed by atoms with Gasteiger partial charge in [-0.25, -0.2) is 0 Å². The fourth-order valence-electron chi connectivity index (χ4n) is 2.73. The Morgan fingerprint density at radius 1 is 0.759 bits per heavy atom. The molecule has 0 aromatic carbocycles. The Morgan fingerprint density at radius 3 is 1.69 bits per heavy atom. The van der Waals surface area contributed by atoms with Crippen LogP contribution in [0.5, 0.6) is 0 Å². The standard InChI is InChI=1S/C17H24O11S/c1-7(18)23-6-12(24-8(2)19)13-14(25-9(3)20)15(26-10(4)21)16(17(29)28-13)27-11(5)22/h12-17,29H,6H2,1-5H3/t12-,13?,14-,15?,16?,17+/m1/s1. The first-order valence-corrected chi connectivity index (χ1v) is 9.09.